The molecule has 2 aromatic rings. The van der Waals surface area contributed by atoms with E-state index in [0.29, 0.717) is 0 Å². The van der Waals surface area contributed by atoms with E-state index in [2.05, 4.69) is 47.8 Å². The van der Waals surface area contributed by atoms with Crippen LogP contribution in [0.5, 0.6) is 0 Å². The van der Waals surface area contributed by atoms with Crippen molar-refractivity contribution in [1.29, 1.82) is 0 Å². The van der Waals surface area contributed by atoms with Crippen molar-refractivity contribution in [2.45, 2.75) is 50.5 Å². The summed E-state index contributed by atoms with van der Waals surface area (Å²) in [7, 11) is 0. The van der Waals surface area contributed by atoms with E-state index in [4.69, 9.17) is 0 Å². The molecule has 0 heterocycles. The molecule has 25 heavy (non-hydrogen) atoms. The van der Waals surface area contributed by atoms with E-state index in [9.17, 15) is 9.90 Å². The molecule has 3 nitrogen and oxygen atoms in total. The zero-order valence-electron chi connectivity index (χ0n) is 14.3. The van der Waals surface area contributed by atoms with Crippen LogP contribution < -0.4 is 5.32 Å². The van der Waals surface area contributed by atoms with Gasteiger partial charge in [0.1, 0.15) is 0 Å². The van der Waals surface area contributed by atoms with Gasteiger partial charge in [0, 0.05) is 0 Å². The van der Waals surface area contributed by atoms with Crippen LogP contribution in [0.4, 0.5) is 4.79 Å². The first-order valence-electron chi connectivity index (χ1n) is 9.37. The molecule has 0 aliphatic heterocycles. The number of carboxylic acid groups (broad SMARTS) is 1. The summed E-state index contributed by atoms with van der Waals surface area (Å²) in [5.41, 5.74) is 6.62. The Kier molecular flexibility index (Phi) is 3.21. The monoisotopic (exact) mass is 333 g/mol. The number of fused-ring (bicyclic) bond motifs is 1. The Morgan fingerprint density at radius 1 is 1.00 bits per heavy atom. The third-order valence-electron chi connectivity index (χ3n) is 6.41. The minimum atomic E-state index is -0.913. The van der Waals surface area contributed by atoms with Crippen molar-refractivity contribution < 1.29 is 9.90 Å². The lowest BCUT2D eigenvalue weighted by atomic mass is 9.76. The molecule has 3 aliphatic rings. The van der Waals surface area contributed by atoms with Crippen molar-refractivity contribution in [3.8, 4) is 11.1 Å². The second-order valence-corrected chi connectivity index (χ2v) is 8.05. The van der Waals surface area contributed by atoms with Crippen molar-refractivity contribution in [3.05, 3.63) is 59.2 Å². The first kappa shape index (κ1) is 15.0. The number of amides is 1. The van der Waals surface area contributed by atoms with Gasteiger partial charge in [-0.15, -0.1) is 0 Å². The normalized spacial score (nSPS) is 23.1. The summed E-state index contributed by atoms with van der Waals surface area (Å²) in [4.78, 5) is 11.3. The predicted octanol–water partition coefficient (Wildman–Crippen LogP) is 5.27. The fraction of sp³-hybridized carbons (Fsp3) is 0.409. The SMILES string of the molecule is O=C(O)NC1c2ccc(-c3ccc(C4CC4)cc3)cc2CCC12CC2. The maximum atomic E-state index is 11.3. The number of hydrogen-bond acceptors (Lipinski definition) is 1. The lowest BCUT2D eigenvalue weighted by molar-refractivity contribution is 0.178. The molecule has 2 aromatic carbocycles. The molecule has 1 amide bonds. The van der Waals surface area contributed by atoms with Crippen LogP contribution in [-0.4, -0.2) is 11.2 Å². The molecule has 0 bridgehead atoms. The fourth-order valence-electron chi connectivity index (χ4n) is 4.56. The first-order chi connectivity index (χ1) is 12.1. The molecule has 0 radical (unpaired) electrons. The van der Waals surface area contributed by atoms with Crippen LogP contribution in [0, 0.1) is 5.41 Å². The molecule has 1 atom stereocenters. The third kappa shape index (κ3) is 2.62. The first-order valence-corrected chi connectivity index (χ1v) is 9.37. The van der Waals surface area contributed by atoms with Gasteiger partial charge in [-0.25, -0.2) is 4.79 Å². The highest BCUT2D eigenvalue weighted by atomic mass is 16.4. The molecule has 5 rings (SSSR count). The predicted molar refractivity (Wildman–Crippen MR) is 97.7 cm³/mol. The van der Waals surface area contributed by atoms with Crippen LogP contribution in [0.3, 0.4) is 0 Å². The van der Waals surface area contributed by atoms with Crippen molar-refractivity contribution in [2.75, 3.05) is 0 Å². The maximum absolute atomic E-state index is 11.3. The summed E-state index contributed by atoms with van der Waals surface area (Å²) in [6.45, 7) is 0. The summed E-state index contributed by atoms with van der Waals surface area (Å²) >= 11 is 0. The van der Waals surface area contributed by atoms with Gasteiger partial charge in [0.15, 0.2) is 0 Å². The molecule has 0 saturated heterocycles. The van der Waals surface area contributed by atoms with Crippen LogP contribution >= 0.6 is 0 Å². The van der Waals surface area contributed by atoms with Crippen LogP contribution in [0.25, 0.3) is 11.1 Å². The van der Waals surface area contributed by atoms with Crippen molar-refractivity contribution in [2.24, 2.45) is 5.41 Å². The Morgan fingerprint density at radius 3 is 2.36 bits per heavy atom. The minimum absolute atomic E-state index is 0.0416. The molecule has 3 heteroatoms. The smallest absolute Gasteiger partial charge is 0.405 e. The highest BCUT2D eigenvalue weighted by Gasteiger charge is 2.52. The van der Waals surface area contributed by atoms with Crippen LogP contribution in [0.15, 0.2) is 42.5 Å². The maximum Gasteiger partial charge on any atom is 0.405 e. The number of hydrogen-bond donors (Lipinski definition) is 2. The molecule has 2 N–H and O–H groups in total. The fourth-order valence-corrected chi connectivity index (χ4v) is 4.56. The molecule has 2 saturated carbocycles. The van der Waals surface area contributed by atoms with Crippen LogP contribution in [0.2, 0.25) is 0 Å². The van der Waals surface area contributed by atoms with E-state index in [1.54, 1.807) is 0 Å². The average Bonchev–Trinajstić information content (AvgIpc) is 3.53. The van der Waals surface area contributed by atoms with E-state index in [1.807, 2.05) is 0 Å². The average molecular weight is 333 g/mol. The van der Waals surface area contributed by atoms with Crippen LogP contribution in [0.1, 0.15) is 60.8 Å². The van der Waals surface area contributed by atoms with E-state index in [0.717, 1.165) is 31.6 Å². The van der Waals surface area contributed by atoms with Gasteiger partial charge in [0.25, 0.3) is 0 Å². The molecule has 3 aliphatic carbocycles. The summed E-state index contributed by atoms with van der Waals surface area (Å²) in [5, 5.41) is 12.0. The lowest BCUT2D eigenvalue weighted by Crippen LogP contribution is -2.36. The van der Waals surface area contributed by atoms with E-state index < -0.39 is 6.09 Å². The zero-order valence-corrected chi connectivity index (χ0v) is 14.3. The molecule has 2 fully saturated rings. The number of rotatable bonds is 3. The van der Waals surface area contributed by atoms with E-state index in [-0.39, 0.29) is 11.5 Å². The molecule has 0 aromatic heterocycles. The van der Waals surface area contributed by atoms with Gasteiger partial charge in [0.05, 0.1) is 6.04 Å². The summed E-state index contributed by atoms with van der Waals surface area (Å²) in [5.74, 6) is 0.787. The summed E-state index contributed by atoms with van der Waals surface area (Å²) in [6.07, 6.45) is 6.18. The summed E-state index contributed by atoms with van der Waals surface area (Å²) < 4.78 is 0. The van der Waals surface area contributed by atoms with E-state index >= 15 is 0 Å². The molecular weight excluding hydrogens is 310 g/mol. The third-order valence-corrected chi connectivity index (χ3v) is 6.41. The highest BCUT2D eigenvalue weighted by molar-refractivity contribution is 5.68. The van der Waals surface area contributed by atoms with Gasteiger partial charge in [-0.05, 0) is 77.7 Å². The molecular formula is C22H23NO2. The van der Waals surface area contributed by atoms with E-state index in [1.165, 1.54) is 40.7 Å². The number of aryl methyl sites for hydroxylation is 1. The Labute approximate surface area is 148 Å². The minimum Gasteiger partial charge on any atom is -0.465 e. The summed E-state index contributed by atoms with van der Waals surface area (Å²) in [6, 6.07) is 15.5. The number of carbonyl (C=O) groups is 1. The van der Waals surface area contributed by atoms with Gasteiger partial charge in [-0.2, -0.15) is 0 Å². The second kappa shape index (κ2) is 5.35. The van der Waals surface area contributed by atoms with Gasteiger partial charge in [0.2, 0.25) is 0 Å². The zero-order chi connectivity index (χ0) is 17.0. The largest absolute Gasteiger partial charge is 0.465 e. The van der Waals surface area contributed by atoms with Crippen molar-refractivity contribution in [1.82, 2.24) is 5.32 Å². The number of benzene rings is 2. The second-order valence-electron chi connectivity index (χ2n) is 8.05. The lowest BCUT2D eigenvalue weighted by Gasteiger charge is -2.34. The Hall–Kier alpha value is -2.29. The van der Waals surface area contributed by atoms with Gasteiger partial charge in [-0.3, -0.25) is 0 Å². The van der Waals surface area contributed by atoms with Crippen molar-refractivity contribution in [3.63, 3.8) is 0 Å². The molecule has 1 spiro atoms. The molecule has 128 valence electrons. The Bertz CT molecular complexity index is 832. The van der Waals surface area contributed by atoms with Gasteiger partial charge in [-0.1, -0.05) is 42.5 Å². The molecule has 1 unspecified atom stereocenters. The van der Waals surface area contributed by atoms with Gasteiger partial charge >= 0.3 is 6.09 Å². The number of nitrogens with one attached hydrogen (secondary N) is 1. The standard InChI is InChI=1S/C22H23NO2/c24-21(25)23-20-19-8-7-17(13-18(19)9-10-22(20)11-12-22)16-5-3-15(4-6-16)14-1-2-14/h3-8,13-14,20,23H,1-2,9-12H2,(H,24,25). The highest BCUT2D eigenvalue weighted by Crippen LogP contribution is 2.61. The van der Waals surface area contributed by atoms with Gasteiger partial charge < -0.3 is 10.4 Å². The Morgan fingerprint density at radius 2 is 1.72 bits per heavy atom. The van der Waals surface area contributed by atoms with Crippen LogP contribution in [-0.2, 0) is 6.42 Å². The quantitative estimate of drug-likeness (QED) is 0.804. The topological polar surface area (TPSA) is 49.3 Å². The van der Waals surface area contributed by atoms with Crippen molar-refractivity contribution >= 4 is 6.09 Å². The Balaban J connectivity index is 1.47.